The lowest BCUT2D eigenvalue weighted by atomic mass is 10.1. The summed E-state index contributed by atoms with van der Waals surface area (Å²) >= 11 is 3.39. The van der Waals surface area contributed by atoms with Gasteiger partial charge in [0.15, 0.2) is 5.82 Å². The van der Waals surface area contributed by atoms with Crippen LogP contribution in [0.25, 0.3) is 11.3 Å². The van der Waals surface area contributed by atoms with Gasteiger partial charge >= 0.3 is 0 Å². The van der Waals surface area contributed by atoms with Crippen LogP contribution in [0.5, 0.6) is 5.75 Å². The third-order valence-corrected chi connectivity index (χ3v) is 4.57. The van der Waals surface area contributed by atoms with Crippen LogP contribution in [0, 0.1) is 6.92 Å². The number of para-hydroxylation sites is 1. The first-order chi connectivity index (χ1) is 13.6. The molecule has 2 aromatic carbocycles. The number of hydrogen-bond donors (Lipinski definition) is 3. The molecule has 4 rings (SSSR count). The Labute approximate surface area is 167 Å². The Morgan fingerprint density at radius 1 is 1.14 bits per heavy atom. The number of aromatic hydroxyl groups is 1. The van der Waals surface area contributed by atoms with Crippen molar-refractivity contribution >= 4 is 44.4 Å². The Balaban J connectivity index is 1.91. The molecule has 0 aliphatic rings. The Kier molecular flexibility index (Phi) is 4.62. The highest BCUT2D eigenvalue weighted by Crippen LogP contribution is 2.29. The average molecular weight is 440 g/mol. The van der Waals surface area contributed by atoms with Crippen molar-refractivity contribution in [3.05, 3.63) is 63.8 Å². The monoisotopic (exact) mass is 439 g/mol. The van der Waals surface area contributed by atoms with Crippen LogP contribution in [-0.2, 0) is 0 Å². The maximum absolute atomic E-state index is 10.3. The summed E-state index contributed by atoms with van der Waals surface area (Å²) in [6.07, 6.45) is 0. The summed E-state index contributed by atoms with van der Waals surface area (Å²) in [7, 11) is 0. The first-order valence-corrected chi connectivity index (χ1v) is 8.96. The molecule has 0 saturated carbocycles. The number of hydrogen-bond acceptors (Lipinski definition) is 9. The van der Waals surface area contributed by atoms with Gasteiger partial charge in [-0.2, -0.15) is 5.10 Å². The lowest BCUT2D eigenvalue weighted by molar-refractivity contribution is 0.314. The van der Waals surface area contributed by atoms with Crippen molar-refractivity contribution in [3.8, 4) is 5.75 Å². The maximum atomic E-state index is 10.3. The van der Waals surface area contributed by atoms with Gasteiger partial charge in [0.2, 0.25) is 11.3 Å². The molecule has 4 aromatic rings. The first-order valence-electron chi connectivity index (χ1n) is 8.17. The number of aromatic nitrogens is 4. The van der Waals surface area contributed by atoms with Crippen molar-refractivity contribution < 1.29 is 9.74 Å². The lowest BCUT2D eigenvalue weighted by Gasteiger charge is -2.14. The van der Waals surface area contributed by atoms with Gasteiger partial charge in [-0.25, -0.2) is 14.6 Å². The van der Waals surface area contributed by atoms with Gasteiger partial charge in [-0.15, -0.1) is 0 Å². The van der Waals surface area contributed by atoms with E-state index in [4.69, 9.17) is 10.5 Å². The predicted molar refractivity (Wildman–Crippen MR) is 107 cm³/mol. The molecule has 0 amide bonds. The molecule has 28 heavy (non-hydrogen) atoms. The van der Waals surface area contributed by atoms with Crippen LogP contribution < -0.4 is 11.2 Å². The second-order valence-electron chi connectivity index (χ2n) is 5.91. The van der Waals surface area contributed by atoms with Crippen molar-refractivity contribution in [1.82, 2.24) is 20.3 Å². The number of nitrogens with zero attached hydrogens (tertiary/aromatic N) is 5. The van der Waals surface area contributed by atoms with Gasteiger partial charge in [-0.3, -0.25) is 0 Å². The Morgan fingerprint density at radius 3 is 2.64 bits per heavy atom. The van der Waals surface area contributed by atoms with E-state index in [9.17, 15) is 5.11 Å². The van der Waals surface area contributed by atoms with E-state index < -0.39 is 0 Å². The molecule has 0 saturated heterocycles. The van der Waals surface area contributed by atoms with E-state index in [2.05, 4.69) is 46.6 Å². The number of phenolic OH excluding ortho intramolecular Hbond substituents is 1. The summed E-state index contributed by atoms with van der Waals surface area (Å²) in [4.78, 5) is 8.90. The summed E-state index contributed by atoms with van der Waals surface area (Å²) in [5.41, 5.74) is 3.16. The number of phenols is 1. The molecule has 0 atom stereocenters. The summed E-state index contributed by atoms with van der Waals surface area (Å²) < 4.78 is 5.47. The normalized spacial score (nSPS) is 11.7. The molecule has 140 valence electrons. The molecule has 10 heteroatoms. The zero-order valence-corrected chi connectivity index (χ0v) is 16.2. The van der Waals surface area contributed by atoms with Crippen molar-refractivity contribution in [2.75, 3.05) is 5.32 Å². The number of hydrazone groups is 1. The van der Waals surface area contributed by atoms with Crippen molar-refractivity contribution in [2.45, 2.75) is 6.92 Å². The molecule has 9 nitrogen and oxygen atoms in total. The van der Waals surface area contributed by atoms with Crippen molar-refractivity contribution in [1.29, 1.82) is 0 Å². The molecule has 0 radical (unpaired) electrons. The quantitative estimate of drug-likeness (QED) is 0.250. The number of rotatable bonds is 4. The number of aryl methyl sites for hydroxylation is 1. The van der Waals surface area contributed by atoms with Crippen LogP contribution >= 0.6 is 15.9 Å². The zero-order valence-electron chi connectivity index (χ0n) is 14.6. The average Bonchev–Trinajstić information content (AvgIpc) is 3.14. The molecular formula is C18H14BrN7O2. The number of anilines is 2. The molecule has 0 bridgehead atoms. The fourth-order valence-corrected chi connectivity index (χ4v) is 3.05. The number of fused-ring (bicyclic) bond motifs is 1. The van der Waals surface area contributed by atoms with E-state index in [0.29, 0.717) is 17.1 Å². The molecule has 2 aromatic heterocycles. The van der Waals surface area contributed by atoms with Crippen LogP contribution in [0.4, 0.5) is 11.5 Å². The van der Waals surface area contributed by atoms with Gasteiger partial charge in [0.05, 0.1) is 0 Å². The van der Waals surface area contributed by atoms with Gasteiger partial charge in [-0.1, -0.05) is 34.1 Å². The highest BCUT2D eigenvalue weighted by atomic mass is 79.9. The largest absolute Gasteiger partial charge is 0.507 e. The van der Waals surface area contributed by atoms with Gasteiger partial charge < -0.3 is 16.3 Å². The summed E-state index contributed by atoms with van der Waals surface area (Å²) in [6, 6.07) is 12.6. The zero-order chi connectivity index (χ0) is 19.7. The fourth-order valence-electron chi connectivity index (χ4n) is 2.69. The van der Waals surface area contributed by atoms with Gasteiger partial charge in [-0.05, 0) is 47.1 Å². The molecule has 0 aliphatic heterocycles. The molecule has 2 heterocycles. The lowest BCUT2D eigenvalue weighted by Crippen LogP contribution is -2.14. The van der Waals surface area contributed by atoms with Crippen LogP contribution in [0.15, 0.2) is 56.7 Å². The number of halogens is 1. The van der Waals surface area contributed by atoms with Gasteiger partial charge in [0, 0.05) is 15.7 Å². The summed E-state index contributed by atoms with van der Waals surface area (Å²) in [5, 5.41) is 24.9. The third-order valence-electron chi connectivity index (χ3n) is 4.08. The SMILES string of the molecule is Cc1ccccc1Nc1nc2nonc2nc1/C(=N/N)c1cc(Br)ccc1O. The first kappa shape index (κ1) is 17.9. The van der Waals surface area contributed by atoms with E-state index >= 15 is 0 Å². The van der Waals surface area contributed by atoms with Crippen LogP contribution in [0.3, 0.4) is 0 Å². The second kappa shape index (κ2) is 7.24. The van der Waals surface area contributed by atoms with Crippen LogP contribution in [0.2, 0.25) is 0 Å². The van der Waals surface area contributed by atoms with E-state index in [1.165, 1.54) is 6.07 Å². The molecular weight excluding hydrogens is 426 g/mol. The van der Waals surface area contributed by atoms with E-state index in [1.54, 1.807) is 12.1 Å². The summed E-state index contributed by atoms with van der Waals surface area (Å²) in [6.45, 7) is 1.96. The molecule has 0 aliphatic carbocycles. The molecule has 0 spiro atoms. The highest BCUT2D eigenvalue weighted by molar-refractivity contribution is 9.10. The fraction of sp³-hybridized carbons (Fsp3) is 0.0556. The smallest absolute Gasteiger partial charge is 0.245 e. The van der Waals surface area contributed by atoms with Gasteiger partial charge in [0.1, 0.15) is 17.2 Å². The van der Waals surface area contributed by atoms with Gasteiger partial charge in [0.25, 0.3) is 0 Å². The van der Waals surface area contributed by atoms with Crippen molar-refractivity contribution in [2.24, 2.45) is 10.9 Å². The number of benzene rings is 2. The third kappa shape index (κ3) is 3.25. The Morgan fingerprint density at radius 2 is 1.89 bits per heavy atom. The minimum absolute atomic E-state index is 0.00517. The van der Waals surface area contributed by atoms with Crippen molar-refractivity contribution in [3.63, 3.8) is 0 Å². The molecule has 4 N–H and O–H groups in total. The van der Waals surface area contributed by atoms with Crippen LogP contribution in [0.1, 0.15) is 16.8 Å². The van der Waals surface area contributed by atoms with E-state index in [1.807, 2.05) is 31.2 Å². The van der Waals surface area contributed by atoms with E-state index in [-0.39, 0.29) is 22.8 Å². The summed E-state index contributed by atoms with van der Waals surface area (Å²) in [5.74, 6) is 6.02. The Hall–Kier alpha value is -3.53. The predicted octanol–water partition coefficient (Wildman–Crippen LogP) is 3.24. The van der Waals surface area contributed by atoms with E-state index in [0.717, 1.165) is 15.7 Å². The topological polar surface area (TPSA) is 135 Å². The molecule has 0 fully saturated rings. The highest BCUT2D eigenvalue weighted by Gasteiger charge is 2.22. The number of nitrogens with two attached hydrogens (primary N) is 1. The Bertz CT molecular complexity index is 1210. The minimum Gasteiger partial charge on any atom is -0.507 e. The second-order valence-corrected chi connectivity index (χ2v) is 6.83. The molecule has 0 unspecified atom stereocenters. The standard InChI is InChI=1S/C18H14BrN7O2/c1-9-4-2-3-5-12(9)21-16-15(22-17-18(23-16)26-28-25-17)14(24-20)11-8-10(19)6-7-13(11)27/h2-8,27H,20H2,1H3,(H,21,23,26)/b24-14+. The van der Waals surface area contributed by atoms with Crippen LogP contribution in [-0.4, -0.2) is 31.1 Å². The maximum Gasteiger partial charge on any atom is 0.245 e. The minimum atomic E-state index is -0.00517. The number of nitrogens with one attached hydrogen (secondary N) is 1.